The second-order valence-corrected chi connectivity index (χ2v) is 20.9. The van der Waals surface area contributed by atoms with Gasteiger partial charge in [-0.2, -0.15) is 0 Å². The van der Waals surface area contributed by atoms with Crippen molar-refractivity contribution in [2.45, 2.75) is 178 Å². The molecule has 3 unspecified atom stereocenters. The number of carbonyl (C=O) groups excluding carboxylic acids is 5. The molecule has 7 aliphatic carbocycles. The molecule has 7 aliphatic rings. The van der Waals surface area contributed by atoms with E-state index >= 15 is 0 Å². The first kappa shape index (κ1) is 48.0. The van der Waals surface area contributed by atoms with Gasteiger partial charge in [0.15, 0.2) is 0 Å². The minimum atomic E-state index is -0.465. The van der Waals surface area contributed by atoms with Crippen LogP contribution in [0.3, 0.4) is 0 Å². The summed E-state index contributed by atoms with van der Waals surface area (Å²) in [5.74, 6) is 3.54. The van der Waals surface area contributed by atoms with Crippen molar-refractivity contribution in [3.05, 3.63) is 0 Å². The fraction of sp³-hybridized carbons (Fsp3) is 0.896. The molecule has 0 spiro atoms. The number of hydrogen-bond donors (Lipinski definition) is 0. The molecule has 10 heteroatoms. The number of fused-ring (bicyclic) bond motifs is 2. The SMILES string of the molecule is CCC(C)(C)C(=O)OCC12CC3CC(CC(C3)C1)C2.CCC(C)(C)C(=O)OCCOC(=O)C1CC2CCC1C2.CCC(C)(C)C(=O)OCCOC(=O)C1CCCCC1. The molecule has 0 N–H and O–H groups in total. The standard InChI is InChI=1S/C17H28O2.C16H26O4.C15H26O4/c1-4-16(2,3)15(18)19-11-17-8-12-5-13(9-17)7-14(6-12)10-17;1-4-16(2,3)15(18)20-8-7-19-14(17)13-10-11-5-6-12(13)9-11;1-4-15(2,3)14(17)19-11-10-18-13(16)12-8-6-5-7-9-12/h12-14H,4-11H2,1-3H3;11-13H,4-10H2,1-3H3;12H,4-11H2,1-3H3. The van der Waals surface area contributed by atoms with Gasteiger partial charge in [0.2, 0.25) is 0 Å². The number of carbonyl (C=O) groups is 5. The first-order chi connectivity index (χ1) is 27.3. The highest BCUT2D eigenvalue weighted by atomic mass is 16.6. The molecular formula is C48H80O10. The monoisotopic (exact) mass is 817 g/mol. The normalized spacial score (nSPS) is 28.6. The molecule has 7 saturated carbocycles. The maximum Gasteiger partial charge on any atom is 0.311 e. The lowest BCUT2D eigenvalue weighted by Gasteiger charge is -2.56. The summed E-state index contributed by atoms with van der Waals surface area (Å²) in [4.78, 5) is 59.3. The topological polar surface area (TPSA) is 132 Å². The van der Waals surface area contributed by atoms with E-state index in [-0.39, 0.29) is 73.5 Å². The van der Waals surface area contributed by atoms with Crippen LogP contribution in [0.5, 0.6) is 0 Å². The summed E-state index contributed by atoms with van der Waals surface area (Å²) in [6.45, 7) is 18.7. The molecule has 0 aromatic heterocycles. The molecule has 0 aliphatic heterocycles. The van der Waals surface area contributed by atoms with Crippen molar-refractivity contribution >= 4 is 29.8 Å². The average Bonchev–Trinajstić information content (AvgIpc) is 3.85. The van der Waals surface area contributed by atoms with Crippen molar-refractivity contribution in [2.75, 3.05) is 33.0 Å². The molecule has 332 valence electrons. The van der Waals surface area contributed by atoms with E-state index in [0.717, 1.165) is 75.0 Å². The highest BCUT2D eigenvalue weighted by Gasteiger charge is 2.52. The van der Waals surface area contributed by atoms with Crippen LogP contribution in [0.15, 0.2) is 0 Å². The van der Waals surface area contributed by atoms with Crippen molar-refractivity contribution in [3.8, 4) is 0 Å². The number of hydrogen-bond acceptors (Lipinski definition) is 10. The number of ether oxygens (including phenoxy) is 5. The van der Waals surface area contributed by atoms with Gasteiger partial charge in [-0.15, -0.1) is 0 Å². The van der Waals surface area contributed by atoms with Crippen molar-refractivity contribution in [1.82, 2.24) is 0 Å². The van der Waals surface area contributed by atoms with E-state index < -0.39 is 10.8 Å². The molecule has 0 saturated heterocycles. The molecular weight excluding hydrogens is 737 g/mol. The van der Waals surface area contributed by atoms with Crippen LogP contribution in [0.1, 0.15) is 178 Å². The van der Waals surface area contributed by atoms with E-state index in [0.29, 0.717) is 17.9 Å². The molecule has 0 aromatic rings. The fourth-order valence-electron chi connectivity index (χ4n) is 10.4. The lowest BCUT2D eigenvalue weighted by molar-refractivity contribution is -0.165. The van der Waals surface area contributed by atoms with Gasteiger partial charge in [0.1, 0.15) is 26.4 Å². The summed E-state index contributed by atoms with van der Waals surface area (Å²) in [6.07, 6.45) is 20.6. The Balaban J connectivity index is 0.000000193. The summed E-state index contributed by atoms with van der Waals surface area (Å²) < 4.78 is 26.4. The first-order valence-corrected chi connectivity index (χ1v) is 23.2. The Hall–Kier alpha value is -2.65. The predicted molar refractivity (Wildman–Crippen MR) is 223 cm³/mol. The lowest BCUT2D eigenvalue weighted by atomic mass is 9.50. The zero-order valence-corrected chi connectivity index (χ0v) is 37.9. The van der Waals surface area contributed by atoms with Crippen LogP contribution in [0.2, 0.25) is 0 Å². The van der Waals surface area contributed by atoms with Crippen LogP contribution in [-0.2, 0) is 47.7 Å². The van der Waals surface area contributed by atoms with Gasteiger partial charge in [-0.3, -0.25) is 24.0 Å². The minimum Gasteiger partial charge on any atom is -0.465 e. The summed E-state index contributed by atoms with van der Waals surface area (Å²) >= 11 is 0. The molecule has 6 bridgehead atoms. The van der Waals surface area contributed by atoms with Crippen molar-refractivity contribution in [2.24, 2.45) is 63.1 Å². The number of esters is 5. The zero-order valence-electron chi connectivity index (χ0n) is 37.9. The molecule has 7 rings (SSSR count). The second-order valence-electron chi connectivity index (χ2n) is 20.9. The van der Waals surface area contributed by atoms with E-state index in [1.165, 1.54) is 64.2 Å². The lowest BCUT2D eigenvalue weighted by Crippen LogP contribution is -2.48. The summed E-state index contributed by atoms with van der Waals surface area (Å²) in [5.41, 5.74) is -0.890. The number of rotatable bonds is 16. The zero-order chi connectivity index (χ0) is 42.7. The summed E-state index contributed by atoms with van der Waals surface area (Å²) in [6, 6.07) is 0. The van der Waals surface area contributed by atoms with Crippen LogP contribution in [0, 0.1) is 63.1 Å². The van der Waals surface area contributed by atoms with Gasteiger partial charge < -0.3 is 23.7 Å². The van der Waals surface area contributed by atoms with Crippen LogP contribution in [0.25, 0.3) is 0 Å². The third-order valence-electron chi connectivity index (χ3n) is 15.1. The highest BCUT2D eigenvalue weighted by Crippen LogP contribution is 2.60. The van der Waals surface area contributed by atoms with E-state index in [9.17, 15) is 24.0 Å². The highest BCUT2D eigenvalue weighted by molar-refractivity contribution is 5.77. The van der Waals surface area contributed by atoms with Gasteiger partial charge in [-0.1, -0.05) is 46.5 Å². The first-order valence-electron chi connectivity index (χ1n) is 23.2. The average molecular weight is 817 g/mol. The Kier molecular flexibility index (Phi) is 17.6. The largest absolute Gasteiger partial charge is 0.465 e. The maximum atomic E-state index is 12.2. The minimum absolute atomic E-state index is 0.00532. The predicted octanol–water partition coefficient (Wildman–Crippen LogP) is 10.2. The molecule has 58 heavy (non-hydrogen) atoms. The third-order valence-corrected chi connectivity index (χ3v) is 15.1. The van der Waals surface area contributed by atoms with Gasteiger partial charge in [0.25, 0.3) is 0 Å². The van der Waals surface area contributed by atoms with Crippen LogP contribution >= 0.6 is 0 Å². The van der Waals surface area contributed by atoms with Crippen LogP contribution in [0.4, 0.5) is 0 Å². The Morgan fingerprint density at radius 1 is 0.483 bits per heavy atom. The summed E-state index contributed by atoms with van der Waals surface area (Å²) in [5, 5.41) is 0. The molecule has 0 aromatic carbocycles. The van der Waals surface area contributed by atoms with E-state index in [4.69, 9.17) is 23.7 Å². The fourth-order valence-corrected chi connectivity index (χ4v) is 10.4. The summed E-state index contributed by atoms with van der Waals surface area (Å²) in [7, 11) is 0. The molecule has 0 amide bonds. The van der Waals surface area contributed by atoms with Crippen molar-refractivity contribution < 1.29 is 47.7 Å². The third kappa shape index (κ3) is 13.4. The molecule has 10 nitrogen and oxygen atoms in total. The van der Waals surface area contributed by atoms with Crippen molar-refractivity contribution in [3.63, 3.8) is 0 Å². The Morgan fingerprint density at radius 3 is 1.33 bits per heavy atom. The molecule has 0 radical (unpaired) electrons. The Morgan fingerprint density at radius 2 is 0.914 bits per heavy atom. The van der Waals surface area contributed by atoms with Gasteiger partial charge in [0, 0.05) is 5.41 Å². The maximum absolute atomic E-state index is 12.2. The molecule has 0 heterocycles. The van der Waals surface area contributed by atoms with Crippen LogP contribution < -0.4 is 0 Å². The Labute approximate surface area is 350 Å². The second kappa shape index (κ2) is 21.2. The molecule has 3 atom stereocenters. The Bertz CT molecular complexity index is 1340. The van der Waals surface area contributed by atoms with Gasteiger partial charge in [-0.05, 0) is 161 Å². The van der Waals surface area contributed by atoms with Crippen molar-refractivity contribution in [1.29, 1.82) is 0 Å². The van der Waals surface area contributed by atoms with Gasteiger partial charge >= 0.3 is 29.8 Å². The van der Waals surface area contributed by atoms with Gasteiger partial charge in [0.05, 0.1) is 34.7 Å². The quantitative estimate of drug-likeness (QED) is 0.0842. The van der Waals surface area contributed by atoms with E-state index in [1.54, 1.807) is 0 Å². The smallest absolute Gasteiger partial charge is 0.311 e. The van der Waals surface area contributed by atoms with Crippen LogP contribution in [-0.4, -0.2) is 62.9 Å². The van der Waals surface area contributed by atoms with E-state index in [2.05, 4.69) is 6.92 Å². The van der Waals surface area contributed by atoms with Gasteiger partial charge in [-0.25, -0.2) is 0 Å². The van der Waals surface area contributed by atoms with E-state index in [1.807, 2.05) is 55.4 Å². The molecule has 7 fully saturated rings.